The van der Waals surface area contributed by atoms with Gasteiger partial charge in [0.25, 0.3) is 0 Å². The predicted molar refractivity (Wildman–Crippen MR) is 98.8 cm³/mol. The lowest BCUT2D eigenvalue weighted by molar-refractivity contribution is 0.142. The van der Waals surface area contributed by atoms with E-state index in [0.29, 0.717) is 6.17 Å². The van der Waals surface area contributed by atoms with Crippen molar-refractivity contribution in [3.63, 3.8) is 0 Å². The minimum atomic E-state index is 0.641. The fraction of sp³-hybridized carbons (Fsp3) is 0.900. The van der Waals surface area contributed by atoms with Crippen LogP contribution >= 0.6 is 0 Å². The summed E-state index contributed by atoms with van der Waals surface area (Å²) in [6, 6.07) is 0. The third-order valence-corrected chi connectivity index (χ3v) is 4.92. The average molecular weight is 309 g/mol. The molecule has 1 rings (SSSR count). The standard InChI is InChI=1S/C20H40N2/c1-4-7-9-11-12-14-16-20-21(6-3)18-19-22(20)17-15-13-10-8-5-2/h18-20H,4-17H2,1-3H3. The summed E-state index contributed by atoms with van der Waals surface area (Å²) in [6.45, 7) is 9.25. The van der Waals surface area contributed by atoms with E-state index in [2.05, 4.69) is 43.0 Å². The molecule has 0 amide bonds. The van der Waals surface area contributed by atoms with Crippen molar-refractivity contribution in [2.45, 2.75) is 104 Å². The molecule has 0 N–H and O–H groups in total. The summed E-state index contributed by atoms with van der Waals surface area (Å²) in [6.07, 6.45) is 22.0. The zero-order chi connectivity index (χ0) is 16.0. The maximum Gasteiger partial charge on any atom is 0.101 e. The lowest BCUT2D eigenvalue weighted by atomic mass is 10.1. The molecule has 0 saturated carbocycles. The van der Waals surface area contributed by atoms with Crippen molar-refractivity contribution in [2.24, 2.45) is 0 Å². The number of hydrogen-bond donors (Lipinski definition) is 0. The van der Waals surface area contributed by atoms with Gasteiger partial charge in [0.05, 0.1) is 0 Å². The Labute approximate surface area is 139 Å². The van der Waals surface area contributed by atoms with Gasteiger partial charge >= 0.3 is 0 Å². The molecule has 130 valence electrons. The molecule has 2 nitrogen and oxygen atoms in total. The normalized spacial score (nSPS) is 17.7. The van der Waals surface area contributed by atoms with Crippen LogP contribution in [-0.4, -0.2) is 29.1 Å². The minimum Gasteiger partial charge on any atom is -0.356 e. The predicted octanol–water partition coefficient (Wildman–Crippen LogP) is 6.14. The van der Waals surface area contributed by atoms with Crippen molar-refractivity contribution in [2.75, 3.05) is 13.1 Å². The molecular weight excluding hydrogens is 268 g/mol. The Bertz CT molecular complexity index is 275. The summed E-state index contributed by atoms with van der Waals surface area (Å²) in [5, 5.41) is 0. The number of unbranched alkanes of at least 4 members (excludes halogenated alkanes) is 9. The van der Waals surface area contributed by atoms with Crippen molar-refractivity contribution in [3.05, 3.63) is 12.4 Å². The van der Waals surface area contributed by atoms with Crippen LogP contribution in [0.1, 0.15) is 97.8 Å². The van der Waals surface area contributed by atoms with E-state index in [1.807, 2.05) is 0 Å². The van der Waals surface area contributed by atoms with Crippen LogP contribution in [0.4, 0.5) is 0 Å². The molecular formula is C20H40N2. The van der Waals surface area contributed by atoms with Crippen molar-refractivity contribution >= 4 is 0 Å². The highest BCUT2D eigenvalue weighted by Gasteiger charge is 2.23. The van der Waals surface area contributed by atoms with Crippen molar-refractivity contribution in [3.8, 4) is 0 Å². The van der Waals surface area contributed by atoms with Crippen molar-refractivity contribution in [1.82, 2.24) is 9.80 Å². The molecule has 0 saturated heterocycles. The molecule has 0 aliphatic carbocycles. The average Bonchev–Trinajstić information content (AvgIpc) is 2.92. The highest BCUT2D eigenvalue weighted by Crippen LogP contribution is 2.22. The van der Waals surface area contributed by atoms with Crippen LogP contribution in [0.2, 0.25) is 0 Å². The first-order valence-corrected chi connectivity index (χ1v) is 10.0. The van der Waals surface area contributed by atoms with Gasteiger partial charge in [0.2, 0.25) is 0 Å². The van der Waals surface area contributed by atoms with E-state index in [-0.39, 0.29) is 0 Å². The third-order valence-electron chi connectivity index (χ3n) is 4.92. The van der Waals surface area contributed by atoms with Gasteiger partial charge in [0.15, 0.2) is 0 Å². The van der Waals surface area contributed by atoms with Gasteiger partial charge in [0.1, 0.15) is 6.17 Å². The molecule has 0 aromatic rings. The first-order chi connectivity index (χ1) is 10.8. The van der Waals surface area contributed by atoms with Crippen LogP contribution < -0.4 is 0 Å². The van der Waals surface area contributed by atoms with E-state index in [4.69, 9.17) is 0 Å². The SMILES string of the molecule is CCCCCCCCC1N(CC)C=CN1CCCCCCC. The lowest BCUT2D eigenvalue weighted by Crippen LogP contribution is -2.38. The van der Waals surface area contributed by atoms with Gasteiger partial charge in [-0.15, -0.1) is 0 Å². The van der Waals surface area contributed by atoms with E-state index < -0.39 is 0 Å². The van der Waals surface area contributed by atoms with E-state index in [1.54, 1.807) is 0 Å². The Hall–Kier alpha value is -0.660. The first kappa shape index (κ1) is 19.4. The largest absolute Gasteiger partial charge is 0.356 e. The maximum absolute atomic E-state index is 2.60. The minimum absolute atomic E-state index is 0.641. The highest BCUT2D eigenvalue weighted by molar-refractivity contribution is 4.96. The zero-order valence-corrected chi connectivity index (χ0v) is 15.5. The Morgan fingerprint density at radius 1 is 0.636 bits per heavy atom. The van der Waals surface area contributed by atoms with Crippen LogP contribution in [0.5, 0.6) is 0 Å². The third kappa shape index (κ3) is 7.56. The number of hydrogen-bond acceptors (Lipinski definition) is 2. The summed E-state index contributed by atoms with van der Waals surface area (Å²) in [7, 11) is 0. The van der Waals surface area contributed by atoms with Crippen molar-refractivity contribution in [1.29, 1.82) is 0 Å². The molecule has 22 heavy (non-hydrogen) atoms. The molecule has 0 bridgehead atoms. The topological polar surface area (TPSA) is 6.48 Å². The van der Waals surface area contributed by atoms with Crippen LogP contribution in [0.3, 0.4) is 0 Å². The molecule has 1 atom stereocenters. The Balaban J connectivity index is 2.20. The zero-order valence-electron chi connectivity index (χ0n) is 15.5. The second kappa shape index (κ2) is 12.8. The van der Waals surface area contributed by atoms with Gasteiger partial charge < -0.3 is 9.80 Å². The second-order valence-electron chi connectivity index (χ2n) is 6.82. The molecule has 0 aromatic carbocycles. The number of rotatable bonds is 14. The van der Waals surface area contributed by atoms with Crippen LogP contribution in [-0.2, 0) is 0 Å². The summed E-state index contributed by atoms with van der Waals surface area (Å²) in [5.41, 5.74) is 0. The molecule has 0 aromatic heterocycles. The van der Waals surface area contributed by atoms with E-state index in [0.717, 1.165) is 6.54 Å². The number of nitrogens with zero attached hydrogens (tertiary/aromatic N) is 2. The van der Waals surface area contributed by atoms with E-state index in [9.17, 15) is 0 Å². The molecule has 1 aliphatic rings. The lowest BCUT2D eigenvalue weighted by Gasteiger charge is -2.32. The summed E-state index contributed by atoms with van der Waals surface area (Å²) >= 11 is 0. The molecule has 0 fully saturated rings. The highest BCUT2D eigenvalue weighted by atomic mass is 15.4. The molecule has 1 heterocycles. The Morgan fingerprint density at radius 3 is 1.82 bits per heavy atom. The van der Waals surface area contributed by atoms with Gasteiger partial charge in [-0.3, -0.25) is 0 Å². The van der Waals surface area contributed by atoms with E-state index in [1.165, 1.54) is 83.6 Å². The van der Waals surface area contributed by atoms with Gasteiger partial charge in [-0.05, 0) is 26.2 Å². The van der Waals surface area contributed by atoms with Gasteiger partial charge in [0, 0.05) is 25.5 Å². The van der Waals surface area contributed by atoms with Crippen LogP contribution in [0.25, 0.3) is 0 Å². The summed E-state index contributed by atoms with van der Waals surface area (Å²) in [4.78, 5) is 5.12. The molecule has 0 radical (unpaired) electrons. The second-order valence-corrected chi connectivity index (χ2v) is 6.82. The fourth-order valence-electron chi connectivity index (χ4n) is 3.44. The quantitative estimate of drug-likeness (QED) is 0.355. The summed E-state index contributed by atoms with van der Waals surface area (Å²) < 4.78 is 0. The van der Waals surface area contributed by atoms with Gasteiger partial charge in [-0.2, -0.15) is 0 Å². The van der Waals surface area contributed by atoms with Gasteiger partial charge in [-0.1, -0.05) is 71.6 Å². The molecule has 0 spiro atoms. The first-order valence-electron chi connectivity index (χ1n) is 10.0. The van der Waals surface area contributed by atoms with E-state index >= 15 is 0 Å². The van der Waals surface area contributed by atoms with Crippen LogP contribution in [0.15, 0.2) is 12.4 Å². The Kier molecular flexibility index (Phi) is 11.3. The molecule has 1 unspecified atom stereocenters. The van der Waals surface area contributed by atoms with Crippen LogP contribution in [0, 0.1) is 0 Å². The van der Waals surface area contributed by atoms with Gasteiger partial charge in [-0.25, -0.2) is 0 Å². The fourth-order valence-corrected chi connectivity index (χ4v) is 3.44. The Morgan fingerprint density at radius 2 is 1.18 bits per heavy atom. The maximum atomic E-state index is 2.60. The molecule has 2 heteroatoms. The smallest absolute Gasteiger partial charge is 0.101 e. The monoisotopic (exact) mass is 308 g/mol. The molecule has 1 aliphatic heterocycles. The van der Waals surface area contributed by atoms with Crippen molar-refractivity contribution < 1.29 is 0 Å². The summed E-state index contributed by atoms with van der Waals surface area (Å²) in [5.74, 6) is 0.